The van der Waals surface area contributed by atoms with Gasteiger partial charge >= 0.3 is 6.01 Å². The quantitative estimate of drug-likeness (QED) is 0.0495. The largest absolute Gasteiger partial charge is 0.508 e. The molecule has 10 rings (SSSR count). The predicted octanol–water partition coefficient (Wildman–Crippen LogP) is 7.63. The zero-order valence-electron chi connectivity index (χ0n) is 45.6. The summed E-state index contributed by atoms with van der Waals surface area (Å²) in [6, 6.07) is 15.7. The van der Waals surface area contributed by atoms with E-state index in [-0.39, 0.29) is 60.5 Å². The number of phenols is 1. The van der Waals surface area contributed by atoms with Crippen molar-refractivity contribution in [2.24, 2.45) is 5.41 Å². The Bertz CT molecular complexity index is 3140. The van der Waals surface area contributed by atoms with E-state index in [0.717, 1.165) is 103 Å². The van der Waals surface area contributed by atoms with Crippen LogP contribution in [-0.4, -0.2) is 147 Å². The number of hydrogen-bond donors (Lipinski definition) is 5. The number of carbonyl (C=O) groups excluding carboxylic acids is 3. The molecule has 0 aliphatic carbocycles. The number of aromatic hydroxyl groups is 1. The number of pyridine rings is 1. The summed E-state index contributed by atoms with van der Waals surface area (Å²) < 4.78 is 29.5. The van der Waals surface area contributed by atoms with Crippen molar-refractivity contribution in [1.82, 2.24) is 45.7 Å². The molecule has 0 saturated carbocycles. The van der Waals surface area contributed by atoms with Crippen molar-refractivity contribution in [1.29, 1.82) is 0 Å². The fourth-order valence-corrected chi connectivity index (χ4v) is 12.7. The van der Waals surface area contributed by atoms with E-state index in [1.165, 1.54) is 4.90 Å². The molecule has 0 spiro atoms. The maximum Gasteiger partial charge on any atom is 0.319 e. The van der Waals surface area contributed by atoms with Crippen LogP contribution in [0.3, 0.4) is 0 Å². The number of nitrogens with zero attached hydrogens (tertiary/aromatic N) is 7. The number of fused-ring (bicyclic) bond motifs is 4. The summed E-state index contributed by atoms with van der Waals surface area (Å²) in [6.45, 7) is 15.0. The zero-order valence-corrected chi connectivity index (χ0v) is 46.4. The molecule has 2 bridgehead atoms. The molecule has 7 atom stereocenters. The molecule has 3 amide bonds. The number of aliphatic hydroxyl groups excluding tert-OH is 1. The fraction of sp³-hybridized carbons (Fsp3) is 0.508. The molecule has 6 aromatic rings. The first-order valence-corrected chi connectivity index (χ1v) is 28.6. The van der Waals surface area contributed by atoms with E-state index in [2.05, 4.69) is 37.7 Å². The van der Waals surface area contributed by atoms with E-state index in [0.29, 0.717) is 48.5 Å². The van der Waals surface area contributed by atoms with Crippen LogP contribution < -0.4 is 25.6 Å². The topological polar surface area (TPSA) is 208 Å². The van der Waals surface area contributed by atoms with Crippen LogP contribution >= 0.6 is 11.3 Å². The van der Waals surface area contributed by atoms with Gasteiger partial charge < -0.3 is 45.4 Å². The Hall–Kier alpha value is -6.38. The van der Waals surface area contributed by atoms with Gasteiger partial charge in [-0.15, -0.1) is 11.3 Å². The molecule has 4 saturated heterocycles. The minimum Gasteiger partial charge on any atom is -0.508 e. The number of unbranched alkanes of at least 4 members (excludes halogenated alkanes) is 1. The normalized spacial score (nSPS) is 21.4. The molecule has 4 aliphatic heterocycles. The smallest absolute Gasteiger partial charge is 0.319 e. The summed E-state index contributed by atoms with van der Waals surface area (Å²) in [5, 5.41) is 33.3. The highest BCUT2D eigenvalue weighted by molar-refractivity contribution is 7.13. The van der Waals surface area contributed by atoms with Gasteiger partial charge in [0.1, 0.15) is 48.1 Å². The number of halogens is 1. The number of rotatable bonds is 19. The number of phenolic OH excluding ortho intramolecular Hbond substituents is 1. The highest BCUT2D eigenvalue weighted by Gasteiger charge is 2.45. The van der Waals surface area contributed by atoms with Crippen LogP contribution in [0.25, 0.3) is 43.4 Å². The lowest BCUT2D eigenvalue weighted by Crippen LogP contribution is -2.58. The Balaban J connectivity index is 0.728. The number of likely N-dealkylation sites (tertiary alicyclic amines) is 2. The predicted molar refractivity (Wildman–Crippen MR) is 300 cm³/mol. The Labute approximate surface area is 459 Å². The number of hydrogen-bond acceptors (Lipinski definition) is 15. The van der Waals surface area contributed by atoms with E-state index >= 15 is 4.39 Å². The van der Waals surface area contributed by atoms with Gasteiger partial charge in [0.2, 0.25) is 17.7 Å². The van der Waals surface area contributed by atoms with Gasteiger partial charge in [-0.3, -0.25) is 24.3 Å². The number of carbonyl (C=O) groups is 3. The molecular weight excluding hydrogens is 1010 g/mol. The summed E-state index contributed by atoms with van der Waals surface area (Å²) in [5.41, 5.74) is 5.78. The third-order valence-corrected chi connectivity index (χ3v) is 17.0. The van der Waals surface area contributed by atoms with Crippen molar-refractivity contribution >= 4 is 56.6 Å². The number of aryl methyl sites for hydroxylation is 2. The number of aromatic nitrogens is 4. The third-order valence-electron chi connectivity index (χ3n) is 16.0. The van der Waals surface area contributed by atoms with Crippen molar-refractivity contribution in [2.75, 3.05) is 57.4 Å². The molecule has 19 heteroatoms. The lowest BCUT2D eigenvalue weighted by Gasteiger charge is -2.35. The van der Waals surface area contributed by atoms with Crippen LogP contribution in [0.4, 0.5) is 10.2 Å². The first-order chi connectivity index (χ1) is 37.5. The molecule has 4 aliphatic rings. The van der Waals surface area contributed by atoms with Crippen LogP contribution in [0.15, 0.2) is 66.3 Å². The van der Waals surface area contributed by atoms with Gasteiger partial charge in [0.25, 0.3) is 0 Å². The molecule has 7 heterocycles. The Morgan fingerprint density at radius 2 is 1.77 bits per heavy atom. The lowest BCUT2D eigenvalue weighted by molar-refractivity contribution is -0.144. The van der Waals surface area contributed by atoms with Gasteiger partial charge in [0, 0.05) is 62.5 Å². The van der Waals surface area contributed by atoms with Crippen molar-refractivity contribution in [3.05, 3.63) is 88.9 Å². The van der Waals surface area contributed by atoms with Gasteiger partial charge in [0.15, 0.2) is 5.82 Å². The standard InChI is InChI=1S/C59H73FN10O7S/c1-7-36-12-10-13-39-24-43(71)25-45(49(36)39)51-50(60)52-46(27-61-51)55(69-28-40-19-20-41(29-69)64-40)67-58(66-52)77-31-42-14-11-22-68(42)21-8-9-23-76-32-48(73)65-54(59(4,5)6)57(75)70-30-44(72)26-47(70)56(74)63-34(2)37-15-17-38(18-16-37)53-35(3)62-33-78-53/h10,12-13,15-18,24-25,27,33-34,40-42,44,47,54,64,71-72H,7-9,11,14,19-23,26,28-32H2,1-6H3,(H,63,74)(H,65,73). The van der Waals surface area contributed by atoms with Crippen molar-refractivity contribution in [2.45, 2.75) is 135 Å². The highest BCUT2D eigenvalue weighted by Crippen LogP contribution is 2.40. The Kier molecular flexibility index (Phi) is 16.6. The van der Waals surface area contributed by atoms with Gasteiger partial charge in [-0.1, -0.05) is 70.2 Å². The monoisotopic (exact) mass is 1080 g/mol. The molecule has 0 radical (unpaired) electrons. The number of ether oxygens (including phenoxy) is 2. The summed E-state index contributed by atoms with van der Waals surface area (Å²) >= 11 is 1.57. The van der Waals surface area contributed by atoms with E-state index in [1.807, 2.05) is 82.6 Å². The van der Waals surface area contributed by atoms with E-state index in [1.54, 1.807) is 29.7 Å². The molecule has 3 aromatic carbocycles. The average Bonchev–Trinajstić information content (AvgIpc) is 4.37. The van der Waals surface area contributed by atoms with E-state index in [9.17, 15) is 24.6 Å². The Morgan fingerprint density at radius 1 is 0.987 bits per heavy atom. The number of anilines is 1. The number of thiazole rings is 1. The van der Waals surface area contributed by atoms with Crippen LogP contribution in [0.2, 0.25) is 0 Å². The molecular formula is C59H73FN10O7S. The minimum absolute atomic E-state index is 0.0220. The summed E-state index contributed by atoms with van der Waals surface area (Å²) in [5.74, 6) is -1.21. The molecule has 4 fully saturated rings. The summed E-state index contributed by atoms with van der Waals surface area (Å²) in [4.78, 5) is 67.2. The van der Waals surface area contributed by atoms with Crippen molar-refractivity contribution < 1.29 is 38.5 Å². The maximum absolute atomic E-state index is 17.2. The van der Waals surface area contributed by atoms with E-state index in [4.69, 9.17) is 24.4 Å². The number of β-amino-alcohol motifs (C(OH)–C–C–N with tert-alkyl or cyclic N) is 1. The molecule has 5 N–H and O–H groups in total. The first-order valence-electron chi connectivity index (χ1n) is 27.7. The van der Waals surface area contributed by atoms with Crippen molar-refractivity contribution in [3.63, 3.8) is 0 Å². The maximum atomic E-state index is 17.2. The molecule has 3 aromatic heterocycles. The Morgan fingerprint density at radius 3 is 2.50 bits per heavy atom. The summed E-state index contributed by atoms with van der Waals surface area (Å²) in [7, 11) is 0. The summed E-state index contributed by atoms with van der Waals surface area (Å²) in [6.07, 6.45) is 7.14. The number of aliphatic hydroxyl groups is 1. The average molecular weight is 1090 g/mol. The van der Waals surface area contributed by atoms with Gasteiger partial charge in [-0.25, -0.2) is 9.37 Å². The zero-order chi connectivity index (χ0) is 54.8. The second-order valence-electron chi connectivity index (χ2n) is 22.7. The molecule has 17 nitrogen and oxygen atoms in total. The fourth-order valence-electron chi connectivity index (χ4n) is 11.9. The number of benzene rings is 3. The number of amides is 3. The third kappa shape index (κ3) is 12.0. The van der Waals surface area contributed by atoms with Gasteiger partial charge in [-0.2, -0.15) is 9.97 Å². The molecule has 78 heavy (non-hydrogen) atoms. The van der Waals surface area contributed by atoms with Gasteiger partial charge in [-0.05, 0) is 117 Å². The first kappa shape index (κ1) is 55.0. The second kappa shape index (κ2) is 23.5. The highest BCUT2D eigenvalue weighted by atomic mass is 32.1. The van der Waals surface area contributed by atoms with Crippen LogP contribution in [-0.2, 0) is 25.5 Å². The lowest BCUT2D eigenvalue weighted by atomic mass is 9.85. The molecule has 7 unspecified atom stereocenters. The second-order valence-corrected chi connectivity index (χ2v) is 23.6. The van der Waals surface area contributed by atoms with Gasteiger partial charge in [0.05, 0.1) is 33.6 Å². The molecule has 414 valence electrons. The number of nitrogens with one attached hydrogen (secondary N) is 3. The van der Waals surface area contributed by atoms with Crippen LogP contribution in [0.5, 0.6) is 11.8 Å². The van der Waals surface area contributed by atoms with Crippen LogP contribution in [0.1, 0.15) is 102 Å². The van der Waals surface area contributed by atoms with E-state index < -0.39 is 41.2 Å². The minimum atomic E-state index is -0.972. The van der Waals surface area contributed by atoms with Crippen LogP contribution in [0, 0.1) is 18.2 Å². The van der Waals surface area contributed by atoms with Crippen molar-refractivity contribution in [3.8, 4) is 33.5 Å². The SMILES string of the molecule is CCc1cccc2cc(O)cc(-c3ncc4c(N5CC6CCC(C5)N6)nc(OCC5CCCN5CCCCOCC(=O)NC(C(=O)N5CC(O)CC5C(=O)NC(C)c5ccc(-c6scnc6C)cc5)C(C)(C)C)nc4c3F)c12. The number of piperazine rings is 1.